The molecule has 4 nitrogen and oxygen atoms in total. The zero-order valence-electron chi connectivity index (χ0n) is 10.6. The van der Waals surface area contributed by atoms with E-state index < -0.39 is 5.82 Å². The van der Waals surface area contributed by atoms with Crippen LogP contribution in [-0.4, -0.2) is 14.2 Å². The van der Waals surface area contributed by atoms with E-state index in [1.54, 1.807) is 18.2 Å². The number of nitrogens with two attached hydrogens (primary N) is 1. The Bertz CT molecular complexity index is 544. The molecule has 100 valence electrons. The van der Waals surface area contributed by atoms with Gasteiger partial charge in [-0.2, -0.15) is 0 Å². The number of benzene rings is 2. The Balaban J connectivity index is 2.41. The molecule has 0 saturated carbocycles. The van der Waals surface area contributed by atoms with E-state index in [1.807, 2.05) is 0 Å². The molecule has 0 spiro atoms. The fourth-order valence-electron chi connectivity index (χ4n) is 1.68. The molecule has 5 heteroatoms. The number of rotatable bonds is 4. The Morgan fingerprint density at radius 2 is 1.63 bits per heavy atom. The second-order valence-corrected chi connectivity index (χ2v) is 3.81. The first-order valence-corrected chi connectivity index (χ1v) is 5.59. The molecule has 0 aromatic heterocycles. The molecule has 0 fully saturated rings. The van der Waals surface area contributed by atoms with Crippen molar-refractivity contribution in [2.45, 2.75) is 0 Å². The van der Waals surface area contributed by atoms with Gasteiger partial charge in [-0.05, 0) is 18.2 Å². The van der Waals surface area contributed by atoms with Crippen LogP contribution in [0.4, 0.5) is 10.1 Å². The van der Waals surface area contributed by atoms with Crippen molar-refractivity contribution in [3.63, 3.8) is 0 Å². The second kappa shape index (κ2) is 5.48. The minimum Gasteiger partial charge on any atom is -0.493 e. The van der Waals surface area contributed by atoms with Gasteiger partial charge < -0.3 is 19.9 Å². The van der Waals surface area contributed by atoms with E-state index >= 15 is 0 Å². The molecule has 0 aliphatic heterocycles. The van der Waals surface area contributed by atoms with Gasteiger partial charge in [-0.3, -0.25) is 0 Å². The SMILES string of the molecule is COc1cccc(OC)c1Oc1cc(N)cc(F)c1. The average Bonchev–Trinajstić information content (AvgIpc) is 2.37. The first-order chi connectivity index (χ1) is 9.13. The molecular weight excluding hydrogens is 249 g/mol. The van der Waals surface area contributed by atoms with Crippen LogP contribution in [0.25, 0.3) is 0 Å². The molecule has 19 heavy (non-hydrogen) atoms. The molecule has 2 aromatic rings. The van der Waals surface area contributed by atoms with Crippen molar-refractivity contribution >= 4 is 5.69 Å². The van der Waals surface area contributed by atoms with Crippen molar-refractivity contribution in [2.75, 3.05) is 20.0 Å². The van der Waals surface area contributed by atoms with Crippen molar-refractivity contribution in [3.8, 4) is 23.0 Å². The van der Waals surface area contributed by atoms with Crippen LogP contribution in [0.2, 0.25) is 0 Å². The van der Waals surface area contributed by atoms with Gasteiger partial charge in [0.15, 0.2) is 11.5 Å². The third kappa shape index (κ3) is 2.88. The van der Waals surface area contributed by atoms with E-state index in [-0.39, 0.29) is 11.4 Å². The third-order valence-corrected chi connectivity index (χ3v) is 2.50. The number of ether oxygens (including phenoxy) is 3. The van der Waals surface area contributed by atoms with Crippen molar-refractivity contribution in [1.82, 2.24) is 0 Å². The number of methoxy groups -OCH3 is 2. The van der Waals surface area contributed by atoms with Gasteiger partial charge >= 0.3 is 0 Å². The summed E-state index contributed by atoms with van der Waals surface area (Å²) in [5.41, 5.74) is 5.85. The number of hydrogen-bond acceptors (Lipinski definition) is 4. The quantitative estimate of drug-likeness (QED) is 0.860. The van der Waals surface area contributed by atoms with Crippen molar-refractivity contribution in [1.29, 1.82) is 0 Å². The standard InChI is InChI=1S/C14H14FNO3/c1-17-12-4-3-5-13(18-2)14(12)19-11-7-9(15)6-10(16)8-11/h3-8H,16H2,1-2H3. The second-order valence-electron chi connectivity index (χ2n) is 3.81. The van der Waals surface area contributed by atoms with Crippen LogP contribution >= 0.6 is 0 Å². The highest BCUT2D eigenvalue weighted by molar-refractivity contribution is 5.54. The van der Waals surface area contributed by atoms with E-state index in [2.05, 4.69) is 0 Å². The Labute approximate surface area is 110 Å². The fourth-order valence-corrected chi connectivity index (χ4v) is 1.68. The van der Waals surface area contributed by atoms with Crippen LogP contribution < -0.4 is 19.9 Å². The Hall–Kier alpha value is -2.43. The first kappa shape index (κ1) is 13.0. The van der Waals surface area contributed by atoms with Crippen LogP contribution in [0.15, 0.2) is 36.4 Å². The van der Waals surface area contributed by atoms with E-state index in [1.165, 1.54) is 32.4 Å². The lowest BCUT2D eigenvalue weighted by atomic mass is 10.2. The number of halogens is 1. The van der Waals surface area contributed by atoms with Gasteiger partial charge in [0.05, 0.1) is 14.2 Å². The lowest BCUT2D eigenvalue weighted by Crippen LogP contribution is -1.95. The summed E-state index contributed by atoms with van der Waals surface area (Å²) in [6.07, 6.45) is 0. The number of hydrogen-bond donors (Lipinski definition) is 1. The summed E-state index contributed by atoms with van der Waals surface area (Å²) in [4.78, 5) is 0. The van der Waals surface area contributed by atoms with Crippen LogP contribution in [0.5, 0.6) is 23.0 Å². The average molecular weight is 263 g/mol. The predicted molar refractivity (Wildman–Crippen MR) is 70.4 cm³/mol. The summed E-state index contributed by atoms with van der Waals surface area (Å²) in [6, 6.07) is 9.19. The third-order valence-electron chi connectivity index (χ3n) is 2.50. The molecule has 0 amide bonds. The number of nitrogen functional groups attached to an aromatic ring is 1. The summed E-state index contributed by atoms with van der Waals surface area (Å²) in [5.74, 6) is 1.16. The van der Waals surface area contributed by atoms with Crippen molar-refractivity contribution in [2.24, 2.45) is 0 Å². The van der Waals surface area contributed by atoms with Crippen LogP contribution in [0.3, 0.4) is 0 Å². The lowest BCUT2D eigenvalue weighted by molar-refractivity contribution is 0.346. The Morgan fingerprint density at radius 3 is 2.16 bits per heavy atom. The molecule has 2 aromatic carbocycles. The highest BCUT2D eigenvalue weighted by Gasteiger charge is 2.13. The molecule has 2 N–H and O–H groups in total. The number of anilines is 1. The lowest BCUT2D eigenvalue weighted by Gasteiger charge is -2.14. The van der Waals surface area contributed by atoms with Crippen LogP contribution in [-0.2, 0) is 0 Å². The normalized spacial score (nSPS) is 10.1. The van der Waals surface area contributed by atoms with Gasteiger partial charge in [-0.1, -0.05) is 6.07 Å². The molecule has 0 saturated heterocycles. The van der Waals surface area contributed by atoms with E-state index in [0.29, 0.717) is 17.2 Å². The van der Waals surface area contributed by atoms with Gasteiger partial charge in [0.2, 0.25) is 5.75 Å². The number of para-hydroxylation sites is 1. The molecule has 0 atom stereocenters. The van der Waals surface area contributed by atoms with Crippen LogP contribution in [0, 0.1) is 5.82 Å². The highest BCUT2D eigenvalue weighted by Crippen LogP contribution is 2.40. The summed E-state index contributed by atoms with van der Waals surface area (Å²) in [6.45, 7) is 0. The summed E-state index contributed by atoms with van der Waals surface area (Å²) < 4.78 is 29.3. The Morgan fingerprint density at radius 1 is 1.00 bits per heavy atom. The maximum Gasteiger partial charge on any atom is 0.210 e. The Kier molecular flexibility index (Phi) is 3.75. The maximum atomic E-state index is 13.3. The van der Waals surface area contributed by atoms with E-state index in [0.717, 1.165) is 0 Å². The monoisotopic (exact) mass is 263 g/mol. The highest BCUT2D eigenvalue weighted by atomic mass is 19.1. The van der Waals surface area contributed by atoms with Gasteiger partial charge in [0.1, 0.15) is 11.6 Å². The molecule has 2 rings (SSSR count). The summed E-state index contributed by atoms with van der Waals surface area (Å²) in [5, 5.41) is 0. The zero-order chi connectivity index (χ0) is 13.8. The smallest absolute Gasteiger partial charge is 0.210 e. The summed E-state index contributed by atoms with van der Waals surface area (Å²) >= 11 is 0. The molecule has 0 radical (unpaired) electrons. The van der Waals surface area contributed by atoms with Crippen LogP contribution in [0.1, 0.15) is 0 Å². The molecule has 0 heterocycles. The van der Waals surface area contributed by atoms with Gasteiger partial charge in [-0.15, -0.1) is 0 Å². The molecule has 0 bridgehead atoms. The first-order valence-electron chi connectivity index (χ1n) is 5.59. The zero-order valence-corrected chi connectivity index (χ0v) is 10.6. The minimum atomic E-state index is -0.469. The van der Waals surface area contributed by atoms with Gasteiger partial charge in [0, 0.05) is 17.8 Å². The van der Waals surface area contributed by atoms with E-state index in [9.17, 15) is 4.39 Å². The molecular formula is C14H14FNO3. The minimum absolute atomic E-state index is 0.278. The topological polar surface area (TPSA) is 53.7 Å². The van der Waals surface area contributed by atoms with E-state index in [4.69, 9.17) is 19.9 Å². The van der Waals surface area contributed by atoms with Crippen molar-refractivity contribution in [3.05, 3.63) is 42.2 Å². The fraction of sp³-hybridized carbons (Fsp3) is 0.143. The van der Waals surface area contributed by atoms with Gasteiger partial charge in [-0.25, -0.2) is 4.39 Å². The van der Waals surface area contributed by atoms with Gasteiger partial charge in [0.25, 0.3) is 0 Å². The summed E-state index contributed by atoms with van der Waals surface area (Å²) in [7, 11) is 3.03. The largest absolute Gasteiger partial charge is 0.493 e. The molecule has 0 unspecified atom stereocenters. The van der Waals surface area contributed by atoms with Crippen molar-refractivity contribution < 1.29 is 18.6 Å². The molecule has 0 aliphatic rings. The maximum absolute atomic E-state index is 13.3. The molecule has 0 aliphatic carbocycles. The predicted octanol–water partition coefficient (Wildman–Crippen LogP) is 3.22.